The van der Waals surface area contributed by atoms with Crippen LogP contribution < -0.4 is 4.90 Å². The number of hydrogen-bond acceptors (Lipinski definition) is 4. The lowest BCUT2D eigenvalue weighted by Crippen LogP contribution is -2.24. The molecule has 0 unspecified atom stereocenters. The summed E-state index contributed by atoms with van der Waals surface area (Å²) >= 11 is 0. The molecule has 0 saturated carbocycles. The largest absolute Gasteiger partial charge is 0.279 e. The smallest absolute Gasteiger partial charge is 0.234 e. The first kappa shape index (κ1) is 14.2. The van der Waals surface area contributed by atoms with Crippen LogP contribution in [-0.2, 0) is 0 Å². The van der Waals surface area contributed by atoms with Crippen LogP contribution >= 0.6 is 0 Å². The predicted molar refractivity (Wildman–Crippen MR) is 91.7 cm³/mol. The molecule has 2 aromatic rings. The number of hydrogen-bond donors (Lipinski definition) is 0. The molecule has 1 aromatic heterocycles. The number of anilines is 2. The quantitative estimate of drug-likeness (QED) is 0.831. The van der Waals surface area contributed by atoms with Gasteiger partial charge in [-0.2, -0.15) is 0 Å². The van der Waals surface area contributed by atoms with E-state index in [2.05, 4.69) is 28.8 Å². The normalized spacial score (nSPS) is 16.0. The maximum atomic E-state index is 4.60. The van der Waals surface area contributed by atoms with E-state index in [1.54, 1.807) is 12.4 Å². The average molecular weight is 290 g/mol. The van der Waals surface area contributed by atoms with Gasteiger partial charge in [0.1, 0.15) is 0 Å². The monoisotopic (exact) mass is 290 g/mol. The highest BCUT2D eigenvalue weighted by atomic mass is 15.3. The molecular weight excluding hydrogens is 272 g/mol. The van der Waals surface area contributed by atoms with E-state index >= 15 is 0 Å². The number of rotatable bonds is 2. The number of aromatic nitrogens is 1. The van der Waals surface area contributed by atoms with Crippen molar-refractivity contribution in [3.05, 3.63) is 67.1 Å². The molecule has 4 nitrogen and oxygen atoms in total. The molecule has 1 aliphatic heterocycles. The van der Waals surface area contributed by atoms with Gasteiger partial charge in [0.15, 0.2) is 0 Å². The van der Waals surface area contributed by atoms with Gasteiger partial charge in [-0.05, 0) is 24.3 Å². The minimum Gasteiger partial charge on any atom is -0.279 e. The van der Waals surface area contributed by atoms with Crippen LogP contribution in [0.2, 0.25) is 0 Å². The summed E-state index contributed by atoms with van der Waals surface area (Å²) in [4.78, 5) is 15.2. The Balaban J connectivity index is 2.08. The molecule has 4 heteroatoms. The van der Waals surface area contributed by atoms with E-state index in [1.807, 2.05) is 65.9 Å². The summed E-state index contributed by atoms with van der Waals surface area (Å²) in [5.41, 5.74) is 1.88. The van der Waals surface area contributed by atoms with E-state index < -0.39 is 0 Å². The van der Waals surface area contributed by atoms with Crippen LogP contribution in [0.3, 0.4) is 0 Å². The zero-order valence-corrected chi connectivity index (χ0v) is 12.7. The van der Waals surface area contributed by atoms with Crippen molar-refractivity contribution in [2.24, 2.45) is 15.4 Å². The second-order valence-electron chi connectivity index (χ2n) is 5.70. The minimum atomic E-state index is -0.105. The van der Waals surface area contributed by atoms with Gasteiger partial charge in [-0.25, -0.2) is 9.98 Å². The molecule has 0 saturated heterocycles. The molecule has 0 spiro atoms. The number of nitrogens with zero attached hydrogens (tertiary/aromatic N) is 4. The summed E-state index contributed by atoms with van der Waals surface area (Å²) in [6.07, 6.45) is 9.32. The summed E-state index contributed by atoms with van der Waals surface area (Å²) in [5, 5.41) is 0. The number of allylic oxidation sites excluding steroid dienone is 1. The molecule has 1 aliphatic rings. The van der Waals surface area contributed by atoms with E-state index in [1.165, 1.54) is 0 Å². The standard InChI is InChI=1S/C18H18N4/c1-18(2)10-13-20-17(21-14-18)22(15-6-4-3-5-7-15)16-8-11-19-12-9-16/h3-14H,1-2H3. The van der Waals surface area contributed by atoms with Crippen molar-refractivity contribution in [1.82, 2.24) is 4.98 Å². The molecule has 0 aliphatic carbocycles. The maximum absolute atomic E-state index is 4.60. The molecule has 0 amide bonds. The van der Waals surface area contributed by atoms with Gasteiger partial charge in [0, 0.05) is 35.9 Å². The Morgan fingerprint density at radius 2 is 1.59 bits per heavy atom. The van der Waals surface area contributed by atoms with E-state index in [0.29, 0.717) is 5.96 Å². The Morgan fingerprint density at radius 1 is 0.909 bits per heavy atom. The van der Waals surface area contributed by atoms with Crippen molar-refractivity contribution in [2.75, 3.05) is 4.90 Å². The van der Waals surface area contributed by atoms with Gasteiger partial charge in [0.25, 0.3) is 0 Å². The Morgan fingerprint density at radius 3 is 2.32 bits per heavy atom. The number of benzene rings is 1. The van der Waals surface area contributed by atoms with E-state index in [9.17, 15) is 0 Å². The zero-order valence-electron chi connectivity index (χ0n) is 12.7. The zero-order chi connectivity index (χ0) is 15.4. The molecule has 22 heavy (non-hydrogen) atoms. The maximum Gasteiger partial charge on any atom is 0.234 e. The average Bonchev–Trinajstić information content (AvgIpc) is 2.71. The van der Waals surface area contributed by atoms with Crippen molar-refractivity contribution >= 4 is 23.5 Å². The van der Waals surface area contributed by atoms with Gasteiger partial charge in [0.05, 0.1) is 5.69 Å². The third kappa shape index (κ3) is 3.11. The first-order valence-corrected chi connectivity index (χ1v) is 7.22. The number of aliphatic imine (C=N–C) groups is 2. The second kappa shape index (κ2) is 5.93. The molecule has 0 fully saturated rings. The fraction of sp³-hybridized carbons (Fsp3) is 0.167. The van der Waals surface area contributed by atoms with Gasteiger partial charge >= 0.3 is 0 Å². The molecule has 1 aromatic carbocycles. The van der Waals surface area contributed by atoms with E-state index in [-0.39, 0.29) is 5.41 Å². The van der Waals surface area contributed by atoms with Gasteiger partial charge in [-0.1, -0.05) is 38.1 Å². The first-order chi connectivity index (χ1) is 10.7. The van der Waals surface area contributed by atoms with Gasteiger partial charge in [-0.15, -0.1) is 0 Å². The Labute approximate surface area is 130 Å². The summed E-state index contributed by atoms with van der Waals surface area (Å²) in [6, 6.07) is 14.0. The van der Waals surface area contributed by atoms with E-state index in [4.69, 9.17) is 0 Å². The summed E-state index contributed by atoms with van der Waals surface area (Å²) in [7, 11) is 0. The van der Waals surface area contributed by atoms with Crippen molar-refractivity contribution < 1.29 is 0 Å². The van der Waals surface area contributed by atoms with Gasteiger partial charge < -0.3 is 0 Å². The lowest BCUT2D eigenvalue weighted by atomic mass is 9.96. The lowest BCUT2D eigenvalue weighted by Gasteiger charge is -2.23. The Kier molecular flexibility index (Phi) is 3.83. The minimum absolute atomic E-state index is 0.105. The molecular formula is C18H18N4. The lowest BCUT2D eigenvalue weighted by molar-refractivity contribution is 0.694. The molecule has 0 bridgehead atoms. The van der Waals surface area contributed by atoms with Crippen molar-refractivity contribution in [2.45, 2.75) is 13.8 Å². The predicted octanol–water partition coefficient (Wildman–Crippen LogP) is 4.20. The molecule has 0 radical (unpaired) electrons. The topological polar surface area (TPSA) is 40.9 Å². The fourth-order valence-electron chi connectivity index (χ4n) is 2.16. The van der Waals surface area contributed by atoms with Gasteiger partial charge in [-0.3, -0.25) is 9.88 Å². The first-order valence-electron chi connectivity index (χ1n) is 7.22. The van der Waals surface area contributed by atoms with E-state index in [0.717, 1.165) is 11.4 Å². The van der Waals surface area contributed by atoms with Crippen molar-refractivity contribution in [3.8, 4) is 0 Å². The molecule has 110 valence electrons. The van der Waals surface area contributed by atoms with Crippen molar-refractivity contribution in [1.29, 1.82) is 0 Å². The van der Waals surface area contributed by atoms with Crippen LogP contribution in [-0.4, -0.2) is 17.2 Å². The van der Waals surface area contributed by atoms with Crippen LogP contribution in [0.25, 0.3) is 0 Å². The molecule has 3 rings (SSSR count). The number of guanidine groups is 1. The van der Waals surface area contributed by atoms with Crippen LogP contribution in [0.15, 0.2) is 77.1 Å². The highest BCUT2D eigenvalue weighted by Gasteiger charge is 2.18. The number of pyridine rings is 1. The third-order valence-corrected chi connectivity index (χ3v) is 3.34. The van der Waals surface area contributed by atoms with Crippen LogP contribution in [0, 0.1) is 5.41 Å². The third-order valence-electron chi connectivity index (χ3n) is 3.34. The summed E-state index contributed by atoms with van der Waals surface area (Å²) in [5.74, 6) is 0.638. The van der Waals surface area contributed by atoms with Gasteiger partial charge in [0.2, 0.25) is 5.96 Å². The second-order valence-corrected chi connectivity index (χ2v) is 5.70. The number of para-hydroxylation sites is 1. The van der Waals surface area contributed by atoms with Crippen LogP contribution in [0.1, 0.15) is 13.8 Å². The summed E-state index contributed by atoms with van der Waals surface area (Å²) < 4.78 is 0. The highest BCUT2D eigenvalue weighted by Crippen LogP contribution is 2.27. The summed E-state index contributed by atoms with van der Waals surface area (Å²) in [6.45, 7) is 4.20. The fourth-order valence-corrected chi connectivity index (χ4v) is 2.16. The molecule has 0 atom stereocenters. The van der Waals surface area contributed by atoms with Crippen LogP contribution in [0.4, 0.5) is 11.4 Å². The van der Waals surface area contributed by atoms with Crippen molar-refractivity contribution in [3.63, 3.8) is 0 Å². The Bertz CT molecular complexity index is 676. The molecule has 2 heterocycles. The van der Waals surface area contributed by atoms with Crippen LogP contribution in [0.5, 0.6) is 0 Å². The molecule has 0 N–H and O–H groups in total. The Hall–Kier alpha value is -2.75. The SMILES string of the molecule is CC1(C)C=CN=C(N(c2ccccc2)c2ccncc2)N=C1. The highest BCUT2D eigenvalue weighted by molar-refractivity contribution is 6.06.